The second-order valence-corrected chi connectivity index (χ2v) is 4.37. The Morgan fingerprint density at radius 1 is 1.35 bits per heavy atom. The van der Waals surface area contributed by atoms with Crippen molar-refractivity contribution in [1.29, 1.82) is 0 Å². The van der Waals surface area contributed by atoms with E-state index in [0.29, 0.717) is 6.04 Å². The molecule has 0 amide bonds. The topological polar surface area (TPSA) is 34.1 Å². The lowest BCUT2D eigenvalue weighted by molar-refractivity contribution is 0.316. The lowest BCUT2D eigenvalue weighted by Crippen LogP contribution is -2.25. The summed E-state index contributed by atoms with van der Waals surface area (Å²) >= 11 is 0. The van der Waals surface area contributed by atoms with Crippen molar-refractivity contribution in [2.45, 2.75) is 46.1 Å². The summed E-state index contributed by atoms with van der Waals surface area (Å²) in [5, 5.41) is 3.41. The van der Waals surface area contributed by atoms with Crippen LogP contribution in [-0.4, -0.2) is 24.2 Å². The Kier molecular flexibility index (Phi) is 6.63. The van der Waals surface area contributed by atoms with Crippen LogP contribution < -0.4 is 10.1 Å². The highest BCUT2D eigenvalue weighted by Gasteiger charge is 2.02. The molecule has 1 N–H and O–H groups in total. The first kappa shape index (κ1) is 14.0. The molecule has 0 saturated carbocycles. The third-order valence-electron chi connectivity index (χ3n) is 2.66. The number of rotatable bonds is 8. The van der Waals surface area contributed by atoms with Crippen LogP contribution in [0.5, 0.6) is 5.75 Å². The van der Waals surface area contributed by atoms with Crippen LogP contribution in [0, 0.1) is 0 Å². The van der Waals surface area contributed by atoms with Crippen molar-refractivity contribution in [3.05, 3.63) is 24.0 Å². The molecule has 1 aromatic heterocycles. The quantitative estimate of drug-likeness (QED) is 0.753. The minimum atomic E-state index is 0.556. The van der Waals surface area contributed by atoms with E-state index in [1.54, 1.807) is 6.20 Å². The van der Waals surface area contributed by atoms with E-state index in [1.165, 1.54) is 5.56 Å². The number of aryl methyl sites for hydroxylation is 1. The Morgan fingerprint density at radius 3 is 2.88 bits per heavy atom. The molecule has 3 nitrogen and oxygen atoms in total. The third-order valence-corrected chi connectivity index (χ3v) is 2.66. The summed E-state index contributed by atoms with van der Waals surface area (Å²) in [6.45, 7) is 8.25. The number of nitrogens with one attached hydrogen (secondary N) is 1. The fraction of sp³-hybridized carbons (Fsp3) is 0.643. The van der Waals surface area contributed by atoms with Crippen molar-refractivity contribution in [3.8, 4) is 5.75 Å². The van der Waals surface area contributed by atoms with Gasteiger partial charge in [-0.25, -0.2) is 0 Å². The molecule has 1 unspecified atom stereocenters. The van der Waals surface area contributed by atoms with Gasteiger partial charge in [-0.15, -0.1) is 0 Å². The molecular weight excluding hydrogens is 212 g/mol. The maximum Gasteiger partial charge on any atom is 0.137 e. The van der Waals surface area contributed by atoms with Crippen LogP contribution in [0.4, 0.5) is 0 Å². The van der Waals surface area contributed by atoms with Crippen LogP contribution in [0.2, 0.25) is 0 Å². The highest BCUT2D eigenvalue weighted by atomic mass is 16.5. The monoisotopic (exact) mass is 236 g/mol. The molecule has 3 heteroatoms. The SMILES string of the molecule is CCCOc1cncc(CCC(C)NCC)c1. The second kappa shape index (κ2) is 8.07. The van der Waals surface area contributed by atoms with E-state index in [-0.39, 0.29) is 0 Å². The van der Waals surface area contributed by atoms with Gasteiger partial charge in [-0.2, -0.15) is 0 Å². The van der Waals surface area contributed by atoms with E-state index in [0.717, 1.165) is 38.2 Å². The fourth-order valence-corrected chi connectivity index (χ4v) is 1.73. The number of ether oxygens (including phenoxy) is 1. The van der Waals surface area contributed by atoms with Crippen LogP contribution in [0.1, 0.15) is 39.2 Å². The molecule has 0 aliphatic rings. The Bertz CT molecular complexity index is 315. The van der Waals surface area contributed by atoms with Crippen molar-refractivity contribution in [2.75, 3.05) is 13.2 Å². The van der Waals surface area contributed by atoms with Gasteiger partial charge in [0.15, 0.2) is 0 Å². The first-order valence-corrected chi connectivity index (χ1v) is 6.56. The lowest BCUT2D eigenvalue weighted by atomic mass is 10.1. The number of aromatic nitrogens is 1. The van der Waals surface area contributed by atoms with Gasteiger partial charge in [-0.3, -0.25) is 4.98 Å². The second-order valence-electron chi connectivity index (χ2n) is 4.37. The molecule has 0 bridgehead atoms. The molecule has 0 saturated heterocycles. The normalized spacial score (nSPS) is 12.4. The predicted octanol–water partition coefficient (Wildman–Crippen LogP) is 2.80. The minimum Gasteiger partial charge on any atom is -0.492 e. The Morgan fingerprint density at radius 2 is 2.18 bits per heavy atom. The Balaban J connectivity index is 2.42. The highest BCUT2D eigenvalue weighted by Crippen LogP contribution is 2.13. The zero-order valence-electron chi connectivity index (χ0n) is 11.2. The molecule has 1 heterocycles. The zero-order chi connectivity index (χ0) is 12.5. The van der Waals surface area contributed by atoms with Gasteiger partial charge in [-0.1, -0.05) is 13.8 Å². The van der Waals surface area contributed by atoms with Crippen LogP contribution in [-0.2, 0) is 6.42 Å². The summed E-state index contributed by atoms with van der Waals surface area (Å²) in [5.41, 5.74) is 1.25. The molecule has 0 aliphatic heterocycles. The Labute approximate surface area is 105 Å². The van der Waals surface area contributed by atoms with E-state index in [9.17, 15) is 0 Å². The maximum absolute atomic E-state index is 5.57. The van der Waals surface area contributed by atoms with Crippen LogP contribution in [0.15, 0.2) is 18.5 Å². The van der Waals surface area contributed by atoms with Crippen molar-refractivity contribution in [2.24, 2.45) is 0 Å². The summed E-state index contributed by atoms with van der Waals surface area (Å²) in [4.78, 5) is 4.22. The molecular formula is C14H24N2O. The van der Waals surface area contributed by atoms with Gasteiger partial charge in [0, 0.05) is 12.2 Å². The number of nitrogens with zero attached hydrogens (tertiary/aromatic N) is 1. The van der Waals surface area contributed by atoms with Gasteiger partial charge in [0.25, 0.3) is 0 Å². The van der Waals surface area contributed by atoms with Gasteiger partial charge in [0.2, 0.25) is 0 Å². The molecule has 1 rings (SSSR count). The van der Waals surface area contributed by atoms with E-state index >= 15 is 0 Å². The average molecular weight is 236 g/mol. The van der Waals surface area contributed by atoms with E-state index in [2.05, 4.69) is 37.1 Å². The molecule has 0 aromatic carbocycles. The summed E-state index contributed by atoms with van der Waals surface area (Å²) in [7, 11) is 0. The molecule has 1 atom stereocenters. The maximum atomic E-state index is 5.57. The van der Waals surface area contributed by atoms with Crippen molar-refractivity contribution in [3.63, 3.8) is 0 Å². The molecule has 1 aromatic rings. The standard InChI is InChI=1S/C14H24N2O/c1-4-8-17-14-9-13(10-15-11-14)7-6-12(3)16-5-2/h9-12,16H,4-8H2,1-3H3. The number of hydrogen-bond acceptors (Lipinski definition) is 3. The summed E-state index contributed by atoms with van der Waals surface area (Å²) < 4.78 is 5.57. The summed E-state index contributed by atoms with van der Waals surface area (Å²) in [6.07, 6.45) is 6.92. The highest BCUT2D eigenvalue weighted by molar-refractivity contribution is 5.23. The molecule has 0 spiro atoms. The van der Waals surface area contributed by atoms with E-state index < -0.39 is 0 Å². The van der Waals surface area contributed by atoms with Crippen LogP contribution >= 0.6 is 0 Å². The Hall–Kier alpha value is -1.09. The first-order valence-electron chi connectivity index (χ1n) is 6.56. The van der Waals surface area contributed by atoms with Gasteiger partial charge >= 0.3 is 0 Å². The largest absolute Gasteiger partial charge is 0.492 e. The molecule has 0 fully saturated rings. The van der Waals surface area contributed by atoms with Gasteiger partial charge < -0.3 is 10.1 Å². The molecule has 17 heavy (non-hydrogen) atoms. The van der Waals surface area contributed by atoms with E-state index in [4.69, 9.17) is 4.74 Å². The zero-order valence-corrected chi connectivity index (χ0v) is 11.2. The predicted molar refractivity (Wildman–Crippen MR) is 71.5 cm³/mol. The van der Waals surface area contributed by atoms with Crippen molar-refractivity contribution in [1.82, 2.24) is 10.3 Å². The van der Waals surface area contributed by atoms with Gasteiger partial charge in [0.05, 0.1) is 12.8 Å². The molecule has 0 radical (unpaired) electrons. The van der Waals surface area contributed by atoms with Crippen LogP contribution in [0.25, 0.3) is 0 Å². The molecule has 96 valence electrons. The van der Waals surface area contributed by atoms with Gasteiger partial charge in [-0.05, 0) is 44.4 Å². The average Bonchev–Trinajstić information content (AvgIpc) is 2.35. The number of pyridine rings is 1. The van der Waals surface area contributed by atoms with Crippen molar-refractivity contribution < 1.29 is 4.74 Å². The summed E-state index contributed by atoms with van der Waals surface area (Å²) in [6, 6.07) is 2.65. The van der Waals surface area contributed by atoms with Gasteiger partial charge in [0.1, 0.15) is 5.75 Å². The smallest absolute Gasteiger partial charge is 0.137 e. The minimum absolute atomic E-state index is 0.556. The first-order chi connectivity index (χ1) is 8.26. The fourth-order valence-electron chi connectivity index (χ4n) is 1.73. The number of hydrogen-bond donors (Lipinski definition) is 1. The summed E-state index contributed by atoms with van der Waals surface area (Å²) in [5.74, 6) is 0.889. The van der Waals surface area contributed by atoms with E-state index in [1.807, 2.05) is 6.20 Å². The van der Waals surface area contributed by atoms with Crippen LogP contribution in [0.3, 0.4) is 0 Å². The van der Waals surface area contributed by atoms with Crippen molar-refractivity contribution >= 4 is 0 Å². The molecule has 0 aliphatic carbocycles. The third kappa shape index (κ3) is 5.68. The lowest BCUT2D eigenvalue weighted by Gasteiger charge is -2.12.